The third-order valence-corrected chi connectivity index (χ3v) is 2.07. The van der Waals surface area contributed by atoms with Gasteiger partial charge in [-0.15, -0.1) is 13.2 Å². The van der Waals surface area contributed by atoms with Gasteiger partial charge < -0.3 is 10.1 Å². The van der Waals surface area contributed by atoms with Crippen LogP contribution in [0.3, 0.4) is 0 Å². The number of carbonyl (C=O) groups excluding carboxylic acids is 1. The lowest BCUT2D eigenvalue weighted by Crippen LogP contribution is -2.26. The van der Waals surface area contributed by atoms with E-state index in [1.807, 2.05) is 18.2 Å². The summed E-state index contributed by atoms with van der Waals surface area (Å²) in [5.41, 5.74) is 0.832. The maximum absolute atomic E-state index is 11.6. The van der Waals surface area contributed by atoms with Crippen LogP contribution >= 0.6 is 0 Å². The normalized spacial score (nSPS) is 11.1. The van der Waals surface area contributed by atoms with Gasteiger partial charge in [0.1, 0.15) is 6.61 Å². The van der Waals surface area contributed by atoms with E-state index in [1.165, 1.54) is 0 Å². The van der Waals surface area contributed by atoms with Gasteiger partial charge in [0.2, 0.25) is 0 Å². The maximum Gasteiger partial charge on any atom is 0.522 e. The van der Waals surface area contributed by atoms with Crippen LogP contribution in [0.5, 0.6) is 0 Å². The fourth-order valence-corrected chi connectivity index (χ4v) is 1.22. The summed E-state index contributed by atoms with van der Waals surface area (Å²) in [7, 11) is 0. The van der Waals surface area contributed by atoms with Gasteiger partial charge in [-0.3, -0.25) is 4.74 Å². The van der Waals surface area contributed by atoms with E-state index in [0.29, 0.717) is 0 Å². The highest BCUT2D eigenvalue weighted by molar-refractivity contribution is 5.67. The number of benzene rings is 1. The Kier molecular flexibility index (Phi) is 6.14. The zero-order valence-electron chi connectivity index (χ0n) is 10.1. The molecule has 0 aliphatic carbocycles. The van der Waals surface area contributed by atoms with Crippen molar-refractivity contribution in [3.63, 3.8) is 0 Å². The number of alkyl halides is 3. The van der Waals surface area contributed by atoms with Crippen molar-refractivity contribution in [3.05, 3.63) is 35.9 Å². The largest absolute Gasteiger partial charge is 0.522 e. The molecule has 106 valence electrons. The first-order valence-electron chi connectivity index (χ1n) is 5.62. The number of hydrogen-bond donors (Lipinski definition) is 1. The van der Waals surface area contributed by atoms with E-state index in [9.17, 15) is 18.0 Å². The molecule has 1 rings (SSSR count). The summed E-state index contributed by atoms with van der Waals surface area (Å²) < 4.78 is 43.3. The highest BCUT2D eigenvalue weighted by atomic mass is 19.4. The summed E-state index contributed by atoms with van der Waals surface area (Å²) in [6, 6.07) is 9.05. The zero-order chi connectivity index (χ0) is 14.1. The molecule has 4 nitrogen and oxygen atoms in total. The molecular weight excluding hydrogens is 263 g/mol. The summed E-state index contributed by atoms with van der Waals surface area (Å²) in [5.74, 6) is 0. The molecule has 0 spiro atoms. The lowest BCUT2D eigenvalue weighted by atomic mass is 10.2. The van der Waals surface area contributed by atoms with Gasteiger partial charge in [0, 0.05) is 6.54 Å². The molecule has 0 heterocycles. The number of ether oxygens (including phenoxy) is 2. The highest BCUT2D eigenvalue weighted by Crippen LogP contribution is 2.15. The summed E-state index contributed by atoms with van der Waals surface area (Å²) in [6.07, 6.45) is -5.25. The van der Waals surface area contributed by atoms with Gasteiger partial charge in [-0.1, -0.05) is 30.3 Å². The standard InChI is InChI=1S/C12H14F3NO3/c13-12(14,15)19-8-4-7-16-11(17)18-9-10-5-2-1-3-6-10/h1-3,5-6H,4,7-9H2,(H,16,17). The van der Waals surface area contributed by atoms with Gasteiger partial charge in [-0.05, 0) is 12.0 Å². The Morgan fingerprint density at radius 3 is 2.53 bits per heavy atom. The molecule has 0 aliphatic rings. The second-order valence-electron chi connectivity index (χ2n) is 3.64. The van der Waals surface area contributed by atoms with Crippen LogP contribution in [0.2, 0.25) is 0 Å². The van der Waals surface area contributed by atoms with Crippen LogP contribution in [0.1, 0.15) is 12.0 Å². The molecule has 0 fully saturated rings. The van der Waals surface area contributed by atoms with Crippen LogP contribution in [0.15, 0.2) is 30.3 Å². The van der Waals surface area contributed by atoms with E-state index < -0.39 is 19.1 Å². The Balaban J connectivity index is 2.06. The molecule has 0 aromatic heterocycles. The minimum absolute atomic E-state index is 0.0555. The van der Waals surface area contributed by atoms with E-state index in [-0.39, 0.29) is 19.6 Å². The molecule has 1 aromatic rings. The number of halogens is 3. The lowest BCUT2D eigenvalue weighted by molar-refractivity contribution is -0.324. The predicted octanol–water partition coefficient (Wildman–Crippen LogP) is 2.84. The van der Waals surface area contributed by atoms with Crippen LogP contribution in [-0.4, -0.2) is 25.6 Å². The first-order chi connectivity index (χ1) is 8.97. The second-order valence-corrected chi connectivity index (χ2v) is 3.64. The van der Waals surface area contributed by atoms with Crippen molar-refractivity contribution in [2.75, 3.05) is 13.2 Å². The molecule has 0 bridgehead atoms. The third-order valence-electron chi connectivity index (χ3n) is 2.07. The number of amides is 1. The molecule has 0 atom stereocenters. The average molecular weight is 277 g/mol. The average Bonchev–Trinajstić information content (AvgIpc) is 2.36. The molecule has 1 N–H and O–H groups in total. The molecule has 1 amide bonds. The summed E-state index contributed by atoms with van der Waals surface area (Å²) in [4.78, 5) is 11.2. The molecule has 1 aromatic carbocycles. The maximum atomic E-state index is 11.6. The fraction of sp³-hybridized carbons (Fsp3) is 0.417. The number of alkyl carbamates (subject to hydrolysis) is 1. The summed E-state index contributed by atoms with van der Waals surface area (Å²) in [5, 5.41) is 2.33. The third kappa shape index (κ3) is 8.04. The molecule has 0 radical (unpaired) electrons. The molecule has 0 aliphatic heterocycles. The van der Waals surface area contributed by atoms with E-state index in [4.69, 9.17) is 4.74 Å². The van der Waals surface area contributed by atoms with Gasteiger partial charge in [0.05, 0.1) is 6.61 Å². The van der Waals surface area contributed by atoms with Crippen molar-refractivity contribution in [2.45, 2.75) is 19.4 Å². The van der Waals surface area contributed by atoms with Crippen LogP contribution < -0.4 is 5.32 Å². The minimum Gasteiger partial charge on any atom is -0.445 e. The van der Waals surface area contributed by atoms with Crippen LogP contribution in [0.25, 0.3) is 0 Å². The molecule has 0 unspecified atom stereocenters. The van der Waals surface area contributed by atoms with E-state index in [1.54, 1.807) is 12.1 Å². The Morgan fingerprint density at radius 1 is 1.21 bits per heavy atom. The van der Waals surface area contributed by atoms with E-state index in [0.717, 1.165) is 5.56 Å². The number of hydrogen-bond acceptors (Lipinski definition) is 3. The fourth-order valence-electron chi connectivity index (χ4n) is 1.22. The minimum atomic E-state index is -4.63. The lowest BCUT2D eigenvalue weighted by Gasteiger charge is -2.08. The van der Waals surface area contributed by atoms with E-state index in [2.05, 4.69) is 10.1 Å². The van der Waals surface area contributed by atoms with Crippen molar-refractivity contribution in [2.24, 2.45) is 0 Å². The van der Waals surface area contributed by atoms with Crippen LogP contribution in [-0.2, 0) is 16.1 Å². The Bertz CT molecular complexity index is 382. The number of rotatable bonds is 6. The molecule has 0 saturated carbocycles. The molecular formula is C12H14F3NO3. The van der Waals surface area contributed by atoms with Crippen molar-refractivity contribution >= 4 is 6.09 Å². The van der Waals surface area contributed by atoms with Gasteiger partial charge in [-0.2, -0.15) is 0 Å². The monoisotopic (exact) mass is 277 g/mol. The van der Waals surface area contributed by atoms with Crippen LogP contribution in [0.4, 0.5) is 18.0 Å². The first kappa shape index (κ1) is 15.3. The Hall–Kier alpha value is -1.76. The first-order valence-corrected chi connectivity index (χ1v) is 5.62. The molecule has 0 saturated heterocycles. The predicted molar refractivity (Wildman–Crippen MR) is 61.3 cm³/mol. The van der Waals surface area contributed by atoms with Crippen molar-refractivity contribution in [1.29, 1.82) is 0 Å². The molecule has 7 heteroatoms. The van der Waals surface area contributed by atoms with Crippen molar-refractivity contribution < 1.29 is 27.4 Å². The summed E-state index contributed by atoms with van der Waals surface area (Å²) in [6.45, 7) is -0.322. The number of carbonyl (C=O) groups is 1. The topological polar surface area (TPSA) is 47.6 Å². The van der Waals surface area contributed by atoms with Crippen molar-refractivity contribution in [1.82, 2.24) is 5.32 Å². The zero-order valence-corrected chi connectivity index (χ0v) is 10.1. The van der Waals surface area contributed by atoms with E-state index >= 15 is 0 Å². The van der Waals surface area contributed by atoms with Crippen molar-refractivity contribution in [3.8, 4) is 0 Å². The van der Waals surface area contributed by atoms with Gasteiger partial charge in [-0.25, -0.2) is 4.79 Å². The van der Waals surface area contributed by atoms with Gasteiger partial charge >= 0.3 is 12.5 Å². The van der Waals surface area contributed by atoms with Crippen LogP contribution in [0, 0.1) is 0 Å². The SMILES string of the molecule is O=C(NCCCOC(F)(F)F)OCc1ccccc1. The Labute approximate surface area is 108 Å². The number of nitrogens with one attached hydrogen (secondary N) is 1. The van der Waals surface area contributed by atoms with Gasteiger partial charge in [0.25, 0.3) is 0 Å². The highest BCUT2D eigenvalue weighted by Gasteiger charge is 2.28. The second kappa shape index (κ2) is 7.63. The molecule has 19 heavy (non-hydrogen) atoms. The smallest absolute Gasteiger partial charge is 0.445 e. The Morgan fingerprint density at radius 2 is 1.89 bits per heavy atom. The summed E-state index contributed by atoms with van der Waals surface area (Å²) >= 11 is 0. The van der Waals surface area contributed by atoms with Gasteiger partial charge in [0.15, 0.2) is 0 Å². The quantitative estimate of drug-likeness (QED) is 0.813.